The monoisotopic (exact) mass is 268 g/mol. The van der Waals surface area contributed by atoms with Gasteiger partial charge in [-0.05, 0) is 50.6 Å². The summed E-state index contributed by atoms with van der Waals surface area (Å²) in [6.45, 7) is 6.71. The maximum Gasteiger partial charge on any atom is 0.0766 e. The lowest BCUT2D eigenvalue weighted by Crippen LogP contribution is -2.47. The predicted octanol–water partition coefficient (Wildman–Crippen LogP) is 2.59. The molecule has 2 rings (SSSR count). The summed E-state index contributed by atoms with van der Waals surface area (Å²) in [5.41, 5.74) is 8.08. The first-order valence-corrected chi connectivity index (χ1v) is 6.84. The van der Waals surface area contributed by atoms with E-state index >= 15 is 0 Å². The van der Waals surface area contributed by atoms with Crippen LogP contribution in [0, 0.1) is 6.92 Å². The second-order valence-corrected chi connectivity index (χ2v) is 5.42. The Morgan fingerprint density at radius 1 is 1.44 bits per heavy atom. The third-order valence-electron chi connectivity index (χ3n) is 3.31. The Morgan fingerprint density at radius 3 is 2.89 bits per heavy atom. The molecule has 0 radical (unpaired) electrons. The summed E-state index contributed by atoms with van der Waals surface area (Å²) in [7, 11) is 0. The summed E-state index contributed by atoms with van der Waals surface area (Å²) in [6.07, 6.45) is 1.38. The molecule has 18 heavy (non-hydrogen) atoms. The van der Waals surface area contributed by atoms with Crippen molar-refractivity contribution in [3.63, 3.8) is 0 Å². The molecule has 1 saturated heterocycles. The number of anilines is 1. The van der Waals surface area contributed by atoms with Gasteiger partial charge in [0.2, 0.25) is 0 Å². The predicted molar refractivity (Wildman–Crippen MR) is 76.4 cm³/mol. The molecule has 0 aliphatic carbocycles. The molecule has 100 valence electrons. The van der Waals surface area contributed by atoms with E-state index in [4.69, 9.17) is 22.1 Å². The molecule has 0 spiro atoms. The van der Waals surface area contributed by atoms with Gasteiger partial charge in [0.25, 0.3) is 0 Å². The van der Waals surface area contributed by atoms with Gasteiger partial charge < -0.3 is 15.4 Å². The van der Waals surface area contributed by atoms with Crippen molar-refractivity contribution in [2.45, 2.75) is 32.5 Å². The molecule has 0 bridgehead atoms. The Kier molecular flexibility index (Phi) is 4.49. The zero-order chi connectivity index (χ0) is 13.1. The van der Waals surface area contributed by atoms with E-state index in [9.17, 15) is 0 Å². The van der Waals surface area contributed by atoms with Crippen LogP contribution in [0.15, 0.2) is 18.2 Å². The third kappa shape index (κ3) is 3.16. The normalized spacial score (nSPS) is 24.3. The fourth-order valence-electron chi connectivity index (χ4n) is 2.56. The summed E-state index contributed by atoms with van der Waals surface area (Å²) >= 11 is 6.00. The van der Waals surface area contributed by atoms with Crippen LogP contribution in [0.3, 0.4) is 0 Å². The number of aryl methyl sites for hydroxylation is 1. The highest BCUT2D eigenvalue weighted by molar-refractivity contribution is 6.30. The summed E-state index contributed by atoms with van der Waals surface area (Å²) in [4.78, 5) is 2.38. The molecule has 0 aromatic heterocycles. The molecule has 3 nitrogen and oxygen atoms in total. The van der Waals surface area contributed by atoms with Gasteiger partial charge in [-0.25, -0.2) is 0 Å². The number of nitrogens with zero attached hydrogens (tertiary/aromatic N) is 1. The van der Waals surface area contributed by atoms with Gasteiger partial charge in [0, 0.05) is 23.8 Å². The minimum atomic E-state index is 0.230. The van der Waals surface area contributed by atoms with Gasteiger partial charge in [-0.2, -0.15) is 0 Å². The van der Waals surface area contributed by atoms with Crippen LogP contribution >= 0.6 is 11.6 Å². The highest BCUT2D eigenvalue weighted by Gasteiger charge is 2.25. The highest BCUT2D eigenvalue weighted by atomic mass is 35.5. The van der Waals surface area contributed by atoms with E-state index in [0.717, 1.165) is 24.5 Å². The van der Waals surface area contributed by atoms with Crippen LogP contribution in [0.2, 0.25) is 5.02 Å². The lowest BCUT2D eigenvalue weighted by Gasteiger charge is -2.39. The van der Waals surface area contributed by atoms with Crippen molar-refractivity contribution >= 4 is 17.3 Å². The molecule has 1 aliphatic heterocycles. The van der Waals surface area contributed by atoms with E-state index in [-0.39, 0.29) is 12.2 Å². The van der Waals surface area contributed by atoms with Crippen LogP contribution in [0.5, 0.6) is 0 Å². The van der Waals surface area contributed by atoms with Gasteiger partial charge in [-0.15, -0.1) is 0 Å². The summed E-state index contributed by atoms with van der Waals surface area (Å²) in [5.74, 6) is 0. The van der Waals surface area contributed by atoms with Crippen molar-refractivity contribution in [3.8, 4) is 0 Å². The van der Waals surface area contributed by atoms with Gasteiger partial charge in [-0.3, -0.25) is 0 Å². The first-order chi connectivity index (χ1) is 8.60. The van der Waals surface area contributed by atoms with Crippen LogP contribution in [-0.4, -0.2) is 31.8 Å². The van der Waals surface area contributed by atoms with Crippen molar-refractivity contribution in [2.75, 3.05) is 24.5 Å². The number of ether oxygens (including phenoxy) is 1. The van der Waals surface area contributed by atoms with Crippen molar-refractivity contribution < 1.29 is 4.74 Å². The maximum atomic E-state index is 6.00. The van der Waals surface area contributed by atoms with Gasteiger partial charge in [0.1, 0.15) is 0 Å². The summed E-state index contributed by atoms with van der Waals surface area (Å²) < 4.78 is 5.89. The fraction of sp³-hybridized carbons (Fsp3) is 0.571. The van der Waals surface area contributed by atoms with Gasteiger partial charge in [-0.1, -0.05) is 11.6 Å². The van der Waals surface area contributed by atoms with Crippen LogP contribution in [0.4, 0.5) is 5.69 Å². The molecule has 2 N–H and O–H groups in total. The van der Waals surface area contributed by atoms with Crippen molar-refractivity contribution in [1.29, 1.82) is 0 Å². The zero-order valence-corrected chi connectivity index (χ0v) is 11.8. The number of benzene rings is 1. The molecule has 1 aromatic carbocycles. The van der Waals surface area contributed by atoms with E-state index in [1.807, 2.05) is 12.1 Å². The molecule has 1 fully saturated rings. The van der Waals surface area contributed by atoms with Gasteiger partial charge in [0.15, 0.2) is 0 Å². The SMILES string of the molecule is Cc1cc(Cl)ccc1N1CC(C)OC(CCN)C1. The Bertz CT molecular complexity index is 411. The second-order valence-electron chi connectivity index (χ2n) is 4.98. The summed E-state index contributed by atoms with van der Waals surface area (Å²) in [5, 5.41) is 0.788. The Morgan fingerprint density at radius 2 is 2.22 bits per heavy atom. The van der Waals surface area contributed by atoms with Crippen molar-refractivity contribution in [2.24, 2.45) is 5.73 Å². The molecule has 0 saturated carbocycles. The van der Waals surface area contributed by atoms with E-state index in [1.165, 1.54) is 11.3 Å². The fourth-order valence-corrected chi connectivity index (χ4v) is 2.79. The molecule has 1 aromatic rings. The largest absolute Gasteiger partial charge is 0.372 e. The Hall–Kier alpha value is -0.770. The van der Waals surface area contributed by atoms with Gasteiger partial charge in [0.05, 0.1) is 12.2 Å². The standard InChI is InChI=1S/C14H21ClN2O/c1-10-7-12(15)3-4-14(10)17-8-11(2)18-13(9-17)5-6-16/h3-4,7,11,13H,5-6,8-9,16H2,1-2H3. The van der Waals surface area contributed by atoms with Crippen LogP contribution in [-0.2, 0) is 4.74 Å². The molecule has 2 atom stereocenters. The number of morpholine rings is 1. The second kappa shape index (κ2) is 5.91. The average molecular weight is 269 g/mol. The Labute approximate surface area is 114 Å². The topological polar surface area (TPSA) is 38.5 Å². The molecule has 1 heterocycles. The van der Waals surface area contributed by atoms with Crippen molar-refractivity contribution in [3.05, 3.63) is 28.8 Å². The highest BCUT2D eigenvalue weighted by Crippen LogP contribution is 2.27. The first kappa shape index (κ1) is 13.7. The van der Waals surface area contributed by atoms with Crippen molar-refractivity contribution in [1.82, 2.24) is 0 Å². The lowest BCUT2D eigenvalue weighted by atomic mass is 10.1. The molecule has 4 heteroatoms. The molecular formula is C14H21ClN2O. The average Bonchev–Trinajstić information content (AvgIpc) is 2.28. The molecule has 2 unspecified atom stereocenters. The van der Waals surface area contributed by atoms with Crippen LogP contribution < -0.4 is 10.6 Å². The number of nitrogens with two attached hydrogens (primary N) is 1. The van der Waals surface area contributed by atoms with Gasteiger partial charge >= 0.3 is 0 Å². The quantitative estimate of drug-likeness (QED) is 0.916. The molecule has 1 aliphatic rings. The number of hydrogen-bond acceptors (Lipinski definition) is 3. The lowest BCUT2D eigenvalue weighted by molar-refractivity contribution is -0.0183. The van der Waals surface area contributed by atoms with Crippen LogP contribution in [0.25, 0.3) is 0 Å². The Balaban J connectivity index is 2.16. The minimum absolute atomic E-state index is 0.230. The number of rotatable bonds is 3. The molecule has 0 amide bonds. The van der Waals surface area contributed by atoms with E-state index < -0.39 is 0 Å². The van der Waals surface area contributed by atoms with Crippen LogP contribution in [0.1, 0.15) is 18.9 Å². The summed E-state index contributed by atoms with van der Waals surface area (Å²) in [6, 6.07) is 6.05. The smallest absolute Gasteiger partial charge is 0.0766 e. The minimum Gasteiger partial charge on any atom is -0.372 e. The van der Waals surface area contributed by atoms with E-state index in [0.29, 0.717) is 6.54 Å². The third-order valence-corrected chi connectivity index (χ3v) is 3.55. The molecular weight excluding hydrogens is 248 g/mol. The maximum absolute atomic E-state index is 6.00. The zero-order valence-electron chi connectivity index (χ0n) is 11.0. The van der Waals surface area contributed by atoms with E-state index in [2.05, 4.69) is 24.8 Å². The first-order valence-electron chi connectivity index (χ1n) is 6.46. The number of halogens is 1. The number of hydrogen-bond donors (Lipinski definition) is 1. The van der Waals surface area contributed by atoms with E-state index in [1.54, 1.807) is 0 Å².